The van der Waals surface area contributed by atoms with Crippen molar-refractivity contribution in [3.8, 4) is 33.5 Å². The van der Waals surface area contributed by atoms with Crippen LogP contribution in [-0.2, 0) is 16.2 Å². The van der Waals surface area contributed by atoms with Gasteiger partial charge >= 0.3 is 0 Å². The molecule has 54 heavy (non-hydrogen) atoms. The fourth-order valence-electron chi connectivity index (χ4n) is 7.25. The van der Waals surface area contributed by atoms with Gasteiger partial charge in [-0.15, -0.1) is 0 Å². The summed E-state index contributed by atoms with van der Waals surface area (Å²) in [5.74, 6) is 0.652. The smallest absolute Gasteiger partial charge is 0.153 e. The van der Waals surface area contributed by atoms with Gasteiger partial charge in [0.2, 0.25) is 0 Å². The van der Waals surface area contributed by atoms with Crippen molar-refractivity contribution in [1.82, 2.24) is 24.9 Å². The molecule has 3 aromatic heterocycles. The molecule has 6 aromatic rings. The number of aromatic nitrogens is 5. The molecule has 0 fully saturated rings. The van der Waals surface area contributed by atoms with E-state index < -0.39 is 0 Å². The second-order valence-electron chi connectivity index (χ2n) is 17.7. The molecule has 0 aliphatic carbocycles. The fourth-order valence-corrected chi connectivity index (χ4v) is 7.25. The molecule has 5 heteroatoms. The molecule has 0 radical (unpaired) electrons. The van der Waals surface area contributed by atoms with Gasteiger partial charge in [-0.1, -0.05) is 135 Å². The van der Waals surface area contributed by atoms with E-state index in [4.69, 9.17) is 15.0 Å². The molecule has 5 heterocycles. The van der Waals surface area contributed by atoms with Gasteiger partial charge in [-0.3, -0.25) is 0 Å². The summed E-state index contributed by atoms with van der Waals surface area (Å²) in [5.41, 5.74) is 16.5. The summed E-state index contributed by atoms with van der Waals surface area (Å²) >= 11 is 0. The number of aromatic amines is 2. The van der Waals surface area contributed by atoms with Crippen LogP contribution in [0.5, 0.6) is 0 Å². The molecule has 2 aliphatic heterocycles. The van der Waals surface area contributed by atoms with E-state index in [9.17, 15) is 0 Å². The van der Waals surface area contributed by atoms with Gasteiger partial charge < -0.3 is 9.97 Å². The topological polar surface area (TPSA) is 70.2 Å². The predicted molar refractivity (Wildman–Crippen MR) is 229 cm³/mol. The molecule has 5 nitrogen and oxygen atoms in total. The quantitative estimate of drug-likeness (QED) is 0.192. The van der Waals surface area contributed by atoms with Crippen molar-refractivity contribution in [2.24, 2.45) is 0 Å². The number of benzene rings is 3. The van der Waals surface area contributed by atoms with Gasteiger partial charge in [0.15, 0.2) is 5.82 Å². The fraction of sp³-hybridized carbons (Fsp3) is 0.245. The van der Waals surface area contributed by atoms with Crippen LogP contribution in [0.1, 0.15) is 102 Å². The lowest BCUT2D eigenvalue weighted by Gasteiger charge is -2.19. The van der Waals surface area contributed by atoms with E-state index in [2.05, 4.69) is 188 Å². The number of H-pyrrole nitrogens is 2. The zero-order valence-corrected chi connectivity index (χ0v) is 32.9. The number of hydrogen-bond acceptors (Lipinski definition) is 3. The first-order chi connectivity index (χ1) is 25.6. The SMILES string of the molecule is CC(C)(C)c1ccc(-c2nc3nc(c(-c4ccc(C(C)(C)C)cc4)c4ccc([nH]4)c(-c4ccc(C(C)(C)C)cc4)c4nc(c5ccc2[nH]5)C=C4)C=C3)cc1. The van der Waals surface area contributed by atoms with Crippen LogP contribution in [-0.4, -0.2) is 24.9 Å². The Bertz CT molecular complexity index is 2610. The van der Waals surface area contributed by atoms with Gasteiger partial charge in [0, 0.05) is 27.7 Å². The molecule has 2 N–H and O–H groups in total. The van der Waals surface area contributed by atoms with E-state index in [0.717, 1.165) is 72.7 Å². The summed E-state index contributed by atoms with van der Waals surface area (Å²) in [6.45, 7) is 20.2. The zero-order chi connectivity index (χ0) is 38.0. The maximum atomic E-state index is 5.26. The summed E-state index contributed by atoms with van der Waals surface area (Å²) < 4.78 is 0. The highest BCUT2D eigenvalue weighted by molar-refractivity contribution is 5.96. The molecule has 0 saturated heterocycles. The number of fused-ring (bicyclic) bond motifs is 9. The van der Waals surface area contributed by atoms with Gasteiger partial charge in [-0.25, -0.2) is 15.0 Å². The van der Waals surface area contributed by atoms with Crippen LogP contribution in [0.15, 0.2) is 97.1 Å². The summed E-state index contributed by atoms with van der Waals surface area (Å²) in [4.78, 5) is 23.2. The van der Waals surface area contributed by atoms with E-state index >= 15 is 0 Å². The van der Waals surface area contributed by atoms with Crippen LogP contribution in [0.4, 0.5) is 0 Å². The minimum absolute atomic E-state index is 0.0423. The van der Waals surface area contributed by atoms with E-state index in [1.165, 1.54) is 16.7 Å². The Morgan fingerprint density at radius 1 is 0.352 bits per heavy atom. The number of rotatable bonds is 3. The van der Waals surface area contributed by atoms with Crippen LogP contribution in [0.25, 0.3) is 79.9 Å². The summed E-state index contributed by atoms with van der Waals surface area (Å²) in [6.07, 6.45) is 8.34. The van der Waals surface area contributed by atoms with Crippen molar-refractivity contribution in [3.05, 3.63) is 137 Å². The van der Waals surface area contributed by atoms with Crippen LogP contribution in [0, 0.1) is 0 Å². The number of hydrogen-bond donors (Lipinski definition) is 2. The van der Waals surface area contributed by atoms with Crippen LogP contribution >= 0.6 is 0 Å². The first kappa shape index (κ1) is 35.2. The third-order valence-corrected chi connectivity index (χ3v) is 10.5. The van der Waals surface area contributed by atoms with Gasteiger partial charge in [0.05, 0.1) is 33.8 Å². The second kappa shape index (κ2) is 12.9. The van der Waals surface area contributed by atoms with Crippen molar-refractivity contribution in [2.45, 2.75) is 78.6 Å². The zero-order valence-electron chi connectivity index (χ0n) is 32.9. The number of nitrogens with one attached hydrogen (secondary N) is 2. The lowest BCUT2D eigenvalue weighted by Crippen LogP contribution is -2.10. The summed E-state index contributed by atoms with van der Waals surface area (Å²) in [7, 11) is 0. The second-order valence-corrected chi connectivity index (χ2v) is 17.7. The van der Waals surface area contributed by atoms with Crippen LogP contribution < -0.4 is 0 Å². The van der Waals surface area contributed by atoms with Crippen molar-refractivity contribution >= 4 is 46.4 Å². The molecule has 270 valence electrons. The lowest BCUT2D eigenvalue weighted by atomic mass is 9.86. The Labute approximate surface area is 319 Å². The third kappa shape index (κ3) is 6.75. The standard InChI is InChI=1S/C49H49N5/c1-47(2,3)33-16-10-30(11-17-33)44-38-24-22-36(50-38)37-23-27-42(51-37)46(32-14-20-35(21-15-32)49(7,8)9)54-43-29-28-41(53-43)45(40-26-25-39(44)52-40)31-12-18-34(19-13-31)48(4,5)6/h10-29,51-52H,1-9H3. The molecule has 3 aromatic carbocycles. The molecular formula is C49H49N5. The van der Waals surface area contributed by atoms with E-state index in [0.29, 0.717) is 5.82 Å². The molecule has 0 saturated carbocycles. The molecule has 0 amide bonds. The van der Waals surface area contributed by atoms with Crippen molar-refractivity contribution in [2.75, 3.05) is 0 Å². The highest BCUT2D eigenvalue weighted by atomic mass is 14.9. The largest absolute Gasteiger partial charge is 0.354 e. The van der Waals surface area contributed by atoms with E-state index in [-0.39, 0.29) is 16.2 Å². The molecule has 0 spiro atoms. The summed E-state index contributed by atoms with van der Waals surface area (Å²) in [6, 6.07) is 35.1. The highest BCUT2D eigenvalue weighted by Gasteiger charge is 2.20. The first-order valence-corrected chi connectivity index (χ1v) is 18.9. The Morgan fingerprint density at radius 3 is 1.24 bits per heavy atom. The van der Waals surface area contributed by atoms with Gasteiger partial charge in [0.1, 0.15) is 0 Å². The maximum absolute atomic E-state index is 5.26. The molecule has 0 unspecified atom stereocenters. The first-order valence-electron chi connectivity index (χ1n) is 18.9. The predicted octanol–water partition coefficient (Wildman–Crippen LogP) is 12.9. The van der Waals surface area contributed by atoms with Crippen molar-refractivity contribution in [1.29, 1.82) is 0 Å². The minimum atomic E-state index is 0.0423. The van der Waals surface area contributed by atoms with E-state index in [1.807, 2.05) is 6.08 Å². The monoisotopic (exact) mass is 707 g/mol. The lowest BCUT2D eigenvalue weighted by molar-refractivity contribution is 0.590. The van der Waals surface area contributed by atoms with Gasteiger partial charge in [-0.05, 0) is 92.6 Å². The maximum Gasteiger partial charge on any atom is 0.153 e. The molecule has 8 rings (SSSR count). The van der Waals surface area contributed by atoms with Crippen LogP contribution in [0.3, 0.4) is 0 Å². The Balaban J connectivity index is 1.45. The average molecular weight is 708 g/mol. The molecule has 8 bridgehead atoms. The Hall–Kier alpha value is -5.81. The molecule has 2 aliphatic rings. The molecule has 0 atom stereocenters. The van der Waals surface area contributed by atoms with E-state index in [1.54, 1.807) is 0 Å². The van der Waals surface area contributed by atoms with Crippen molar-refractivity contribution < 1.29 is 0 Å². The summed E-state index contributed by atoms with van der Waals surface area (Å²) in [5, 5.41) is 0. The highest BCUT2D eigenvalue weighted by Crippen LogP contribution is 2.36. The normalized spacial score (nSPS) is 13.1. The van der Waals surface area contributed by atoms with Crippen LogP contribution in [0.2, 0.25) is 0 Å². The number of nitrogens with zero attached hydrogens (tertiary/aromatic N) is 3. The van der Waals surface area contributed by atoms with Crippen molar-refractivity contribution in [3.63, 3.8) is 0 Å². The van der Waals surface area contributed by atoms with Gasteiger partial charge in [0.25, 0.3) is 0 Å². The minimum Gasteiger partial charge on any atom is -0.354 e. The Morgan fingerprint density at radius 2 is 0.741 bits per heavy atom. The Kier molecular flexibility index (Phi) is 8.45. The molecular weight excluding hydrogens is 659 g/mol. The average Bonchev–Trinajstić information content (AvgIpc) is 3.96. The van der Waals surface area contributed by atoms with Gasteiger partial charge in [-0.2, -0.15) is 0 Å². The third-order valence-electron chi connectivity index (χ3n) is 10.5.